The molecule has 0 amide bonds. The normalized spacial score (nSPS) is 11.6. The highest BCUT2D eigenvalue weighted by atomic mass is 28.3. The van der Waals surface area contributed by atoms with E-state index >= 15 is 0 Å². The van der Waals surface area contributed by atoms with Crippen molar-refractivity contribution in [3.8, 4) is 0 Å². The molecule has 0 saturated carbocycles. The molecular weight excluding hydrogens is 176 g/mol. The number of hydrogen-bond acceptors (Lipinski definition) is 2. The highest BCUT2D eigenvalue weighted by molar-refractivity contribution is 6.87. The fraction of sp³-hybridized carbons (Fsp3) is 0.400. The van der Waals surface area contributed by atoms with Gasteiger partial charge in [-0.15, -0.1) is 0 Å². The van der Waals surface area contributed by atoms with Gasteiger partial charge in [0.2, 0.25) is 8.40 Å². The van der Waals surface area contributed by atoms with E-state index in [4.69, 9.17) is 0 Å². The third kappa shape index (κ3) is 1.99. The first kappa shape index (κ1) is 10.4. The average molecular weight is 194 g/mol. The van der Waals surface area contributed by atoms with Gasteiger partial charge in [-0.2, -0.15) is 0 Å². The van der Waals surface area contributed by atoms with E-state index in [9.17, 15) is 0 Å². The summed E-state index contributed by atoms with van der Waals surface area (Å²) in [5, 5.41) is 1.42. The molecule has 0 heterocycles. The van der Waals surface area contributed by atoms with E-state index in [0.717, 1.165) is 6.04 Å². The lowest BCUT2D eigenvalue weighted by molar-refractivity contribution is 1.00. The standard InChI is InChI=1S/C10H18N2Si/c1-4-13(11-2,12-3)10-8-6-5-7-9-10/h5-9,11-12H,4H2,1-3H3. The molecule has 0 spiro atoms. The van der Waals surface area contributed by atoms with Gasteiger partial charge in [-0.3, -0.25) is 0 Å². The maximum Gasteiger partial charge on any atom is 0.233 e. The van der Waals surface area contributed by atoms with Crippen molar-refractivity contribution in [3.05, 3.63) is 30.3 Å². The van der Waals surface area contributed by atoms with E-state index in [0.29, 0.717) is 0 Å². The van der Waals surface area contributed by atoms with Crippen LogP contribution in [0.2, 0.25) is 6.04 Å². The quantitative estimate of drug-likeness (QED) is 0.693. The van der Waals surface area contributed by atoms with Crippen LogP contribution in [0.1, 0.15) is 6.92 Å². The van der Waals surface area contributed by atoms with Crippen LogP contribution in [-0.4, -0.2) is 22.5 Å². The molecule has 0 atom stereocenters. The minimum Gasteiger partial charge on any atom is -0.325 e. The van der Waals surface area contributed by atoms with Crippen molar-refractivity contribution in [1.29, 1.82) is 0 Å². The Bertz CT molecular complexity index is 236. The minimum atomic E-state index is -1.59. The van der Waals surface area contributed by atoms with Crippen molar-refractivity contribution >= 4 is 13.6 Å². The maximum atomic E-state index is 3.46. The summed E-state index contributed by atoms with van der Waals surface area (Å²) in [6, 6.07) is 11.8. The molecule has 0 radical (unpaired) electrons. The lowest BCUT2D eigenvalue weighted by Gasteiger charge is -2.29. The Morgan fingerprint density at radius 2 is 1.62 bits per heavy atom. The second kappa shape index (κ2) is 4.55. The summed E-state index contributed by atoms with van der Waals surface area (Å²) in [4.78, 5) is 6.92. The van der Waals surface area contributed by atoms with E-state index in [2.05, 4.69) is 47.2 Å². The van der Waals surface area contributed by atoms with E-state index in [1.807, 2.05) is 14.1 Å². The van der Waals surface area contributed by atoms with Crippen LogP contribution in [0.25, 0.3) is 0 Å². The van der Waals surface area contributed by atoms with Crippen molar-refractivity contribution in [2.75, 3.05) is 14.1 Å². The second-order valence-corrected chi connectivity index (χ2v) is 7.22. The summed E-state index contributed by atoms with van der Waals surface area (Å²) < 4.78 is 0. The van der Waals surface area contributed by atoms with Gasteiger partial charge < -0.3 is 9.96 Å². The average Bonchev–Trinajstić information content (AvgIpc) is 2.23. The molecule has 0 aliphatic rings. The molecule has 2 nitrogen and oxygen atoms in total. The van der Waals surface area contributed by atoms with Gasteiger partial charge in [-0.05, 0) is 25.3 Å². The van der Waals surface area contributed by atoms with Crippen LogP contribution >= 0.6 is 0 Å². The van der Waals surface area contributed by atoms with E-state index in [1.54, 1.807) is 0 Å². The first-order valence-electron chi connectivity index (χ1n) is 4.72. The van der Waals surface area contributed by atoms with E-state index in [-0.39, 0.29) is 0 Å². The molecule has 0 aliphatic carbocycles. The Morgan fingerprint density at radius 3 is 2.00 bits per heavy atom. The van der Waals surface area contributed by atoms with Crippen LogP contribution in [0.4, 0.5) is 0 Å². The van der Waals surface area contributed by atoms with Crippen LogP contribution < -0.4 is 15.2 Å². The van der Waals surface area contributed by atoms with Gasteiger partial charge in [0.25, 0.3) is 0 Å². The fourth-order valence-corrected chi connectivity index (χ4v) is 4.40. The lowest BCUT2D eigenvalue weighted by atomic mass is 10.4. The molecule has 0 unspecified atom stereocenters. The summed E-state index contributed by atoms with van der Waals surface area (Å²) in [5.41, 5.74) is 0. The maximum absolute atomic E-state index is 3.46. The van der Waals surface area contributed by atoms with Gasteiger partial charge in [-0.1, -0.05) is 37.3 Å². The number of nitrogens with one attached hydrogen (secondary N) is 2. The van der Waals surface area contributed by atoms with Crippen LogP contribution in [0.3, 0.4) is 0 Å². The largest absolute Gasteiger partial charge is 0.325 e. The topological polar surface area (TPSA) is 24.1 Å². The Kier molecular flexibility index (Phi) is 3.66. The molecular formula is C10H18N2Si. The zero-order chi connectivity index (χ0) is 9.73. The van der Waals surface area contributed by atoms with Crippen molar-refractivity contribution in [2.45, 2.75) is 13.0 Å². The molecule has 0 aromatic heterocycles. The monoisotopic (exact) mass is 194 g/mol. The zero-order valence-corrected chi connectivity index (χ0v) is 9.59. The number of benzene rings is 1. The molecule has 1 rings (SSSR count). The van der Waals surface area contributed by atoms with Crippen LogP contribution in [0.15, 0.2) is 30.3 Å². The molecule has 1 aromatic rings. The summed E-state index contributed by atoms with van der Waals surface area (Å²) >= 11 is 0. The zero-order valence-electron chi connectivity index (χ0n) is 8.59. The second-order valence-electron chi connectivity index (χ2n) is 3.12. The Balaban J connectivity index is 3.01. The molecule has 1 aromatic carbocycles. The van der Waals surface area contributed by atoms with Gasteiger partial charge in [-0.25, -0.2) is 0 Å². The van der Waals surface area contributed by atoms with Crippen LogP contribution in [0.5, 0.6) is 0 Å². The van der Waals surface area contributed by atoms with Gasteiger partial charge >= 0.3 is 0 Å². The van der Waals surface area contributed by atoms with Gasteiger partial charge in [0.15, 0.2) is 0 Å². The van der Waals surface area contributed by atoms with Gasteiger partial charge in [0, 0.05) is 0 Å². The van der Waals surface area contributed by atoms with Gasteiger partial charge in [0.05, 0.1) is 0 Å². The number of rotatable bonds is 4. The van der Waals surface area contributed by atoms with Crippen molar-refractivity contribution in [2.24, 2.45) is 0 Å². The summed E-state index contributed by atoms with van der Waals surface area (Å²) in [6.07, 6.45) is 0. The predicted molar refractivity (Wildman–Crippen MR) is 60.4 cm³/mol. The van der Waals surface area contributed by atoms with Crippen LogP contribution in [0, 0.1) is 0 Å². The number of hydrogen-bond donors (Lipinski definition) is 2. The minimum absolute atomic E-state index is 1.16. The molecule has 0 aliphatic heterocycles. The smallest absolute Gasteiger partial charge is 0.233 e. The van der Waals surface area contributed by atoms with Gasteiger partial charge in [0.1, 0.15) is 0 Å². The molecule has 0 bridgehead atoms. The summed E-state index contributed by atoms with van der Waals surface area (Å²) in [5.74, 6) is 0. The van der Waals surface area contributed by atoms with E-state index < -0.39 is 8.40 Å². The van der Waals surface area contributed by atoms with E-state index in [1.165, 1.54) is 5.19 Å². The fourth-order valence-electron chi connectivity index (χ4n) is 1.69. The van der Waals surface area contributed by atoms with Crippen LogP contribution in [-0.2, 0) is 0 Å². The highest BCUT2D eigenvalue weighted by Crippen LogP contribution is 2.00. The SMILES string of the molecule is CC[Si](NC)(NC)c1ccccc1. The third-order valence-electron chi connectivity index (χ3n) is 2.65. The first-order valence-corrected chi connectivity index (χ1v) is 6.93. The van der Waals surface area contributed by atoms with Crippen molar-refractivity contribution in [3.63, 3.8) is 0 Å². The predicted octanol–water partition coefficient (Wildman–Crippen LogP) is 0.794. The lowest BCUT2D eigenvalue weighted by Crippen LogP contribution is -2.68. The summed E-state index contributed by atoms with van der Waals surface area (Å²) in [6.45, 7) is 2.23. The Morgan fingerprint density at radius 1 is 1.08 bits per heavy atom. The highest BCUT2D eigenvalue weighted by Gasteiger charge is 2.29. The van der Waals surface area contributed by atoms with Crippen molar-refractivity contribution < 1.29 is 0 Å². The Labute approximate surface area is 81.5 Å². The summed E-state index contributed by atoms with van der Waals surface area (Å²) in [7, 11) is 2.49. The molecule has 13 heavy (non-hydrogen) atoms. The first-order chi connectivity index (χ1) is 6.29. The molecule has 0 saturated heterocycles. The Hall–Kier alpha value is -0.643. The van der Waals surface area contributed by atoms with Crippen molar-refractivity contribution in [1.82, 2.24) is 9.96 Å². The molecule has 2 N–H and O–H groups in total. The molecule has 72 valence electrons. The molecule has 0 fully saturated rings. The third-order valence-corrected chi connectivity index (χ3v) is 6.74. The molecule has 3 heteroatoms.